The van der Waals surface area contributed by atoms with Crippen LogP contribution in [0.15, 0.2) is 48.4 Å². The van der Waals surface area contributed by atoms with Gasteiger partial charge in [0.25, 0.3) is 0 Å². The summed E-state index contributed by atoms with van der Waals surface area (Å²) in [6, 6.07) is 8.30. The third kappa shape index (κ3) is 0.952. The van der Waals surface area contributed by atoms with Crippen molar-refractivity contribution in [2.45, 2.75) is 6.42 Å². The van der Waals surface area contributed by atoms with E-state index in [0.717, 1.165) is 17.9 Å². The lowest BCUT2D eigenvalue weighted by atomic mass is 10.1. The molecular formula is C11H9NO. The van der Waals surface area contributed by atoms with Gasteiger partial charge in [0.05, 0.1) is 5.69 Å². The van der Waals surface area contributed by atoms with Gasteiger partial charge in [0.1, 0.15) is 5.76 Å². The quantitative estimate of drug-likeness (QED) is 0.594. The van der Waals surface area contributed by atoms with Crippen LogP contribution in [0.3, 0.4) is 0 Å². The molecule has 0 saturated carbocycles. The summed E-state index contributed by atoms with van der Waals surface area (Å²) in [7, 11) is 0. The van der Waals surface area contributed by atoms with Crippen LogP contribution in [-0.2, 0) is 11.3 Å². The molecule has 64 valence electrons. The second-order valence-corrected chi connectivity index (χ2v) is 3.20. The molecule has 1 aromatic rings. The largest absolute Gasteiger partial charge is 0.379 e. The fourth-order valence-corrected chi connectivity index (χ4v) is 1.70. The molecule has 2 heteroatoms. The normalized spacial score (nSPS) is 17.5. The molecule has 1 aromatic carbocycles. The topological polar surface area (TPSA) is 12.5 Å². The average molecular weight is 171 g/mol. The average Bonchev–Trinajstić information content (AvgIpc) is 2.18. The Kier molecular flexibility index (Phi) is 1.25. The Hall–Kier alpha value is -1.70. The first kappa shape index (κ1) is 6.78. The van der Waals surface area contributed by atoms with Crippen molar-refractivity contribution in [3.05, 3.63) is 53.9 Å². The number of rotatable bonds is 0. The van der Waals surface area contributed by atoms with Crippen LogP contribution in [0.5, 0.6) is 0 Å². The van der Waals surface area contributed by atoms with E-state index in [4.69, 9.17) is 4.84 Å². The van der Waals surface area contributed by atoms with E-state index in [9.17, 15) is 0 Å². The number of hydrogen-bond acceptors (Lipinski definition) is 2. The van der Waals surface area contributed by atoms with Crippen molar-refractivity contribution in [1.29, 1.82) is 0 Å². The SMILES string of the molecule is C1=CN2OC(=C1)Cc1ccccc12. The van der Waals surface area contributed by atoms with Crippen LogP contribution in [0.4, 0.5) is 5.69 Å². The van der Waals surface area contributed by atoms with E-state index in [0.29, 0.717) is 0 Å². The third-order valence-electron chi connectivity index (χ3n) is 2.31. The van der Waals surface area contributed by atoms with Crippen LogP contribution >= 0.6 is 0 Å². The first-order valence-corrected chi connectivity index (χ1v) is 4.36. The van der Waals surface area contributed by atoms with E-state index in [1.54, 1.807) is 0 Å². The summed E-state index contributed by atoms with van der Waals surface area (Å²) in [5.74, 6) is 1.02. The Morgan fingerprint density at radius 1 is 1.23 bits per heavy atom. The second-order valence-electron chi connectivity index (χ2n) is 3.20. The number of allylic oxidation sites excluding steroid dienone is 3. The second kappa shape index (κ2) is 2.39. The maximum absolute atomic E-state index is 5.56. The van der Waals surface area contributed by atoms with Crippen molar-refractivity contribution in [2.24, 2.45) is 0 Å². The number of anilines is 1. The summed E-state index contributed by atoms with van der Waals surface area (Å²) >= 11 is 0. The number of nitrogens with zero attached hydrogens (tertiary/aromatic N) is 1. The van der Waals surface area contributed by atoms with E-state index in [2.05, 4.69) is 18.2 Å². The van der Waals surface area contributed by atoms with Gasteiger partial charge in [-0.25, -0.2) is 0 Å². The van der Waals surface area contributed by atoms with Gasteiger partial charge < -0.3 is 4.84 Å². The van der Waals surface area contributed by atoms with E-state index < -0.39 is 0 Å². The van der Waals surface area contributed by atoms with Gasteiger partial charge in [-0.1, -0.05) is 18.2 Å². The molecule has 0 N–H and O–H groups in total. The minimum absolute atomic E-state index is 0.900. The molecule has 0 aromatic heterocycles. The van der Waals surface area contributed by atoms with Gasteiger partial charge in [0, 0.05) is 12.6 Å². The van der Waals surface area contributed by atoms with E-state index in [-0.39, 0.29) is 0 Å². The van der Waals surface area contributed by atoms with Crippen molar-refractivity contribution in [3.63, 3.8) is 0 Å². The Morgan fingerprint density at radius 3 is 3.15 bits per heavy atom. The smallest absolute Gasteiger partial charge is 0.137 e. The molecule has 0 saturated heterocycles. The van der Waals surface area contributed by atoms with Crippen LogP contribution in [0.25, 0.3) is 0 Å². The molecule has 0 atom stereocenters. The third-order valence-corrected chi connectivity index (χ3v) is 2.31. The Balaban J connectivity index is 2.19. The molecular weight excluding hydrogens is 162 g/mol. The fraction of sp³-hybridized carbons (Fsp3) is 0.0909. The summed E-state index contributed by atoms with van der Waals surface area (Å²) in [6.45, 7) is 0. The molecule has 13 heavy (non-hydrogen) atoms. The Labute approximate surface area is 76.7 Å². The van der Waals surface area contributed by atoms with E-state index in [1.165, 1.54) is 5.56 Å². The predicted octanol–water partition coefficient (Wildman–Crippen LogP) is 2.39. The number of fused-ring (bicyclic) bond motifs is 4. The van der Waals surface area contributed by atoms with Gasteiger partial charge >= 0.3 is 0 Å². The fourth-order valence-electron chi connectivity index (χ4n) is 1.70. The lowest BCUT2D eigenvalue weighted by Crippen LogP contribution is -2.25. The minimum Gasteiger partial charge on any atom is -0.379 e. The highest BCUT2D eigenvalue weighted by molar-refractivity contribution is 5.58. The summed E-state index contributed by atoms with van der Waals surface area (Å²) in [4.78, 5) is 5.56. The molecule has 0 spiro atoms. The van der Waals surface area contributed by atoms with Crippen molar-refractivity contribution in [2.75, 3.05) is 5.06 Å². The van der Waals surface area contributed by atoms with Gasteiger partial charge in [0.15, 0.2) is 0 Å². The van der Waals surface area contributed by atoms with E-state index in [1.807, 2.05) is 29.5 Å². The summed E-state index contributed by atoms with van der Waals surface area (Å²) < 4.78 is 0. The van der Waals surface area contributed by atoms with Crippen molar-refractivity contribution < 1.29 is 4.84 Å². The summed E-state index contributed by atoms with van der Waals surface area (Å²) in [5, 5.41) is 1.81. The Morgan fingerprint density at radius 2 is 2.15 bits per heavy atom. The highest BCUT2D eigenvalue weighted by Gasteiger charge is 2.20. The van der Waals surface area contributed by atoms with Crippen molar-refractivity contribution in [1.82, 2.24) is 0 Å². The lowest BCUT2D eigenvalue weighted by Gasteiger charge is -2.31. The predicted molar refractivity (Wildman–Crippen MR) is 50.9 cm³/mol. The maximum atomic E-state index is 5.56. The van der Waals surface area contributed by atoms with Crippen molar-refractivity contribution >= 4 is 5.69 Å². The molecule has 2 heterocycles. The van der Waals surface area contributed by atoms with Gasteiger partial charge in [-0.2, -0.15) is 5.06 Å². The zero-order valence-corrected chi connectivity index (χ0v) is 7.10. The molecule has 3 rings (SSSR count). The lowest BCUT2D eigenvalue weighted by molar-refractivity contribution is 0.191. The van der Waals surface area contributed by atoms with Crippen LogP contribution in [0.1, 0.15) is 5.56 Å². The molecule has 0 radical (unpaired) electrons. The van der Waals surface area contributed by atoms with Crippen molar-refractivity contribution in [3.8, 4) is 0 Å². The minimum atomic E-state index is 0.900. The molecule has 0 unspecified atom stereocenters. The van der Waals surface area contributed by atoms with Crippen LogP contribution < -0.4 is 5.06 Å². The molecule has 2 aliphatic heterocycles. The van der Waals surface area contributed by atoms with Crippen LogP contribution in [0.2, 0.25) is 0 Å². The highest BCUT2D eigenvalue weighted by Crippen LogP contribution is 2.32. The maximum Gasteiger partial charge on any atom is 0.137 e. The Bertz CT molecular complexity index is 406. The zero-order chi connectivity index (χ0) is 8.67. The van der Waals surface area contributed by atoms with Gasteiger partial charge in [-0.3, -0.25) is 0 Å². The molecule has 0 amide bonds. The number of para-hydroxylation sites is 1. The van der Waals surface area contributed by atoms with Crippen LogP contribution in [0, 0.1) is 0 Å². The van der Waals surface area contributed by atoms with Gasteiger partial charge in [-0.05, 0) is 23.8 Å². The first-order valence-electron chi connectivity index (χ1n) is 4.36. The summed E-state index contributed by atoms with van der Waals surface area (Å²) in [5.41, 5.74) is 2.47. The van der Waals surface area contributed by atoms with Crippen LogP contribution in [-0.4, -0.2) is 0 Å². The standard InChI is InChI=1S/C11H9NO/c1-2-6-11-9(4-1)8-10-5-3-7-12(11)13-10/h1-7H,8H2. The molecule has 2 bridgehead atoms. The monoisotopic (exact) mass is 171 g/mol. The van der Waals surface area contributed by atoms with Gasteiger partial charge in [0.2, 0.25) is 0 Å². The number of hydrogen-bond donors (Lipinski definition) is 0. The molecule has 2 nitrogen and oxygen atoms in total. The number of benzene rings is 1. The zero-order valence-electron chi connectivity index (χ0n) is 7.10. The van der Waals surface area contributed by atoms with E-state index >= 15 is 0 Å². The van der Waals surface area contributed by atoms with Gasteiger partial charge in [-0.15, -0.1) is 0 Å². The molecule has 0 aliphatic carbocycles. The molecule has 0 fully saturated rings. The number of hydroxylamine groups is 1. The first-order chi connectivity index (χ1) is 6.43. The summed E-state index contributed by atoms with van der Waals surface area (Å²) in [6.07, 6.45) is 6.85. The highest BCUT2D eigenvalue weighted by atomic mass is 16.7. The molecule has 2 aliphatic rings.